The molecule has 0 fully saturated rings. The summed E-state index contributed by atoms with van der Waals surface area (Å²) in [7, 11) is -3.94. The van der Waals surface area contributed by atoms with Crippen LogP contribution in [0.1, 0.15) is 16.7 Å². The lowest BCUT2D eigenvalue weighted by Crippen LogP contribution is -2.35. The van der Waals surface area contributed by atoms with E-state index in [1.807, 2.05) is 0 Å². The fourth-order valence-electron chi connectivity index (χ4n) is 2.17. The molecule has 13 heteroatoms. The van der Waals surface area contributed by atoms with E-state index in [1.165, 1.54) is 18.2 Å². The van der Waals surface area contributed by atoms with Crippen LogP contribution in [-0.2, 0) is 20.9 Å². The van der Waals surface area contributed by atoms with Gasteiger partial charge in [0.15, 0.2) is 0 Å². The molecule has 1 atom stereocenters. The molecule has 0 saturated heterocycles. The van der Waals surface area contributed by atoms with Crippen LogP contribution in [0.2, 0.25) is 0 Å². The predicted octanol–water partition coefficient (Wildman–Crippen LogP) is 2.94. The zero-order valence-corrected chi connectivity index (χ0v) is 15.8. The van der Waals surface area contributed by atoms with Crippen molar-refractivity contribution in [2.75, 3.05) is 7.11 Å². The minimum atomic E-state index is -5.03. The van der Waals surface area contributed by atoms with Crippen molar-refractivity contribution in [2.24, 2.45) is 4.40 Å². The molecule has 0 heterocycles. The zero-order chi connectivity index (χ0) is 22.5. The molecule has 1 unspecified atom stereocenters. The molecule has 0 bridgehead atoms. The lowest BCUT2D eigenvalue weighted by Gasteiger charge is -2.13. The molecule has 2 aromatic rings. The van der Waals surface area contributed by atoms with E-state index in [4.69, 9.17) is 14.7 Å². The Labute approximate surface area is 168 Å². The summed E-state index contributed by atoms with van der Waals surface area (Å²) in [6.07, 6.45) is -4.79. The molecule has 0 aliphatic carbocycles. The summed E-state index contributed by atoms with van der Waals surface area (Å²) in [5.41, 5.74) is -4.60. The van der Waals surface area contributed by atoms with Crippen molar-refractivity contribution in [1.29, 1.82) is 5.26 Å². The van der Waals surface area contributed by atoms with Crippen LogP contribution in [0, 0.1) is 21.4 Å². The van der Waals surface area contributed by atoms with E-state index in [0.29, 0.717) is 18.2 Å². The highest BCUT2D eigenvalue weighted by Gasteiger charge is 2.40. The van der Waals surface area contributed by atoms with E-state index in [-0.39, 0.29) is 5.56 Å². The first kappa shape index (κ1) is 22.6. The van der Waals surface area contributed by atoms with Crippen molar-refractivity contribution in [3.05, 3.63) is 75.3 Å². The van der Waals surface area contributed by atoms with Gasteiger partial charge in [0.25, 0.3) is 0 Å². The van der Waals surface area contributed by atoms with Crippen molar-refractivity contribution in [2.45, 2.75) is 11.7 Å². The summed E-state index contributed by atoms with van der Waals surface area (Å²) in [5.74, 6) is -1.20. The normalized spacial score (nSPS) is 13.2. The first-order chi connectivity index (χ1) is 14.0. The van der Waals surface area contributed by atoms with Crippen LogP contribution in [0.15, 0.2) is 52.9 Å². The average Bonchev–Trinajstić information content (AvgIpc) is 2.69. The minimum Gasteiger partial charge on any atom is -0.480 e. The molecule has 0 radical (unpaired) electrons. The fraction of sp³-hybridized carbons (Fsp3) is 0.176. The molecule has 2 rings (SSSR count). The Balaban J connectivity index is 2.46. The van der Waals surface area contributed by atoms with E-state index < -0.39 is 49.5 Å². The van der Waals surface area contributed by atoms with Crippen molar-refractivity contribution < 1.29 is 36.0 Å². The Morgan fingerprint density at radius 1 is 1.23 bits per heavy atom. The maximum Gasteiger partial charge on any atom is 0.476 e. The quantitative estimate of drug-likeness (QED) is 0.220. The highest BCUT2D eigenvalue weighted by Crippen LogP contribution is 2.33. The Morgan fingerprint density at radius 2 is 1.87 bits per heavy atom. The second-order valence-electron chi connectivity index (χ2n) is 5.51. The maximum absolute atomic E-state index is 12.8. The van der Waals surface area contributed by atoms with Gasteiger partial charge >= 0.3 is 21.8 Å². The Kier molecular flexibility index (Phi) is 6.63. The number of nitro groups is 1. The van der Waals surface area contributed by atoms with Crippen LogP contribution in [0.4, 0.5) is 13.2 Å². The third kappa shape index (κ3) is 5.23. The van der Waals surface area contributed by atoms with Crippen LogP contribution in [-0.4, -0.2) is 31.9 Å². The van der Waals surface area contributed by atoms with Gasteiger partial charge in [-0.15, -0.1) is 4.40 Å². The molecule has 2 aromatic carbocycles. The number of halogens is 3. The minimum absolute atomic E-state index is 0.193. The zero-order valence-electron chi connectivity index (χ0n) is 15.0. The number of hydrogen-bond donors (Lipinski definition) is 0. The lowest BCUT2D eigenvalue weighted by molar-refractivity contribution is -0.534. The highest BCUT2D eigenvalue weighted by atomic mass is 32.2. The number of sulfonamides is 1. The average molecular weight is 443 g/mol. The molecule has 0 N–H and O–H groups in total. The summed E-state index contributed by atoms with van der Waals surface area (Å²) >= 11 is 0. The summed E-state index contributed by atoms with van der Waals surface area (Å²) < 4.78 is 76.1. The van der Waals surface area contributed by atoms with Gasteiger partial charge in [-0.3, -0.25) is 10.1 Å². The Hall–Kier alpha value is -3.66. The molecule has 158 valence electrons. The van der Waals surface area contributed by atoms with Crippen molar-refractivity contribution in [1.82, 2.24) is 0 Å². The number of methoxy groups -OCH3 is 1. The van der Waals surface area contributed by atoms with Crippen molar-refractivity contribution >= 4 is 15.9 Å². The molecule has 0 aliphatic heterocycles. The molecule has 0 aromatic heterocycles. The van der Waals surface area contributed by atoms with E-state index in [2.05, 4.69) is 4.40 Å². The first-order valence-electron chi connectivity index (χ1n) is 7.84. The van der Waals surface area contributed by atoms with E-state index in [9.17, 15) is 31.7 Å². The third-order valence-electron chi connectivity index (χ3n) is 3.51. The van der Waals surface area contributed by atoms with Gasteiger partial charge in [0.2, 0.25) is 5.90 Å². The topological polar surface area (TPSA) is 132 Å². The second-order valence-corrected chi connectivity index (χ2v) is 7.13. The van der Waals surface area contributed by atoms with Gasteiger partial charge in [-0.1, -0.05) is 18.2 Å². The molecule has 0 amide bonds. The number of rotatable bonds is 6. The molecule has 0 spiro atoms. The number of alkyl halides is 3. The van der Waals surface area contributed by atoms with Gasteiger partial charge in [-0.05, 0) is 30.3 Å². The fourth-order valence-corrected chi connectivity index (χ4v) is 3.11. The van der Waals surface area contributed by atoms with E-state index in [1.54, 1.807) is 18.2 Å². The molecule has 30 heavy (non-hydrogen) atoms. The lowest BCUT2D eigenvalue weighted by atomic mass is 10.1. The summed E-state index contributed by atoms with van der Waals surface area (Å²) in [4.78, 5) is 9.96. The smallest absolute Gasteiger partial charge is 0.476 e. The van der Waals surface area contributed by atoms with Gasteiger partial charge < -0.3 is 9.47 Å². The third-order valence-corrected chi connectivity index (χ3v) is 4.70. The first-order valence-corrected chi connectivity index (χ1v) is 9.34. The number of nitriles is 1. The van der Waals surface area contributed by atoms with Gasteiger partial charge in [0.05, 0.1) is 23.2 Å². The van der Waals surface area contributed by atoms with Crippen molar-refractivity contribution in [3.8, 4) is 11.8 Å². The highest BCUT2D eigenvalue weighted by molar-refractivity contribution is 7.90. The second kappa shape index (κ2) is 8.78. The maximum atomic E-state index is 12.8. The van der Waals surface area contributed by atoms with Crippen LogP contribution in [0.5, 0.6) is 5.75 Å². The molecular formula is C17H12F3N3O6S. The molecular weight excluding hydrogens is 431 g/mol. The monoisotopic (exact) mass is 443 g/mol. The van der Waals surface area contributed by atoms with Crippen LogP contribution in [0.25, 0.3) is 0 Å². The largest absolute Gasteiger partial charge is 0.480 e. The van der Waals surface area contributed by atoms with Gasteiger partial charge in [-0.25, -0.2) is 0 Å². The SMILES string of the molecule is CO/C(=N\S(=O)(=O)C(Oc1ccc(C(F)(F)F)cc1C#N)[N+](=O)[O-])c1ccccc1. The van der Waals surface area contributed by atoms with Crippen LogP contribution < -0.4 is 4.74 Å². The summed E-state index contributed by atoms with van der Waals surface area (Å²) in [6, 6.07) is 10.4. The number of ether oxygens (including phenoxy) is 2. The van der Waals surface area contributed by atoms with Crippen LogP contribution >= 0.6 is 0 Å². The molecule has 9 nitrogen and oxygen atoms in total. The molecule has 0 saturated carbocycles. The van der Waals surface area contributed by atoms with Crippen molar-refractivity contribution in [3.63, 3.8) is 0 Å². The molecule has 0 aliphatic rings. The van der Waals surface area contributed by atoms with Gasteiger partial charge in [0.1, 0.15) is 11.8 Å². The Bertz CT molecular complexity index is 1110. The van der Waals surface area contributed by atoms with E-state index in [0.717, 1.165) is 7.11 Å². The van der Waals surface area contributed by atoms with Crippen LogP contribution in [0.3, 0.4) is 0 Å². The van der Waals surface area contributed by atoms with Gasteiger partial charge in [0, 0.05) is 5.56 Å². The van der Waals surface area contributed by atoms with E-state index >= 15 is 0 Å². The number of hydrogen-bond acceptors (Lipinski definition) is 7. The summed E-state index contributed by atoms with van der Waals surface area (Å²) in [6.45, 7) is 0. The Morgan fingerprint density at radius 3 is 2.37 bits per heavy atom. The standard InChI is InChI=1S/C17H12F3N3O6S/c1-28-15(11-5-3-2-4-6-11)22-30(26,27)16(23(24)25)29-14-8-7-13(17(18,19)20)9-12(14)10-21/h2-9,16H,1H3/b22-15-. The summed E-state index contributed by atoms with van der Waals surface area (Å²) in [5, 5.41) is 20.3. The van der Waals surface area contributed by atoms with Gasteiger partial charge in [-0.2, -0.15) is 26.9 Å². The predicted molar refractivity (Wildman–Crippen MR) is 96.5 cm³/mol. The number of benzene rings is 2. The number of nitrogens with zero attached hydrogens (tertiary/aromatic N) is 3.